The van der Waals surface area contributed by atoms with Crippen molar-refractivity contribution >= 4 is 11.9 Å². The first-order valence-corrected chi connectivity index (χ1v) is 10.5. The fraction of sp³-hybridized carbons (Fsp3) is 0.409. The van der Waals surface area contributed by atoms with E-state index >= 15 is 0 Å². The van der Waals surface area contributed by atoms with Gasteiger partial charge in [0.15, 0.2) is 0 Å². The summed E-state index contributed by atoms with van der Waals surface area (Å²) in [7, 11) is 0. The van der Waals surface area contributed by atoms with E-state index in [1.54, 1.807) is 6.07 Å². The second kappa shape index (κ2) is 10.4. The molecule has 11 nitrogen and oxygen atoms in total. The molecule has 0 aliphatic carbocycles. The molecule has 5 N–H and O–H groups in total. The summed E-state index contributed by atoms with van der Waals surface area (Å²) in [5.41, 5.74) is 8.63. The van der Waals surface area contributed by atoms with Crippen LogP contribution in [-0.2, 0) is 4.79 Å². The van der Waals surface area contributed by atoms with E-state index < -0.39 is 18.1 Å². The number of nitrogens with zero attached hydrogens (tertiary/aromatic N) is 4. The molecule has 0 radical (unpaired) electrons. The molecular weight excluding hydrogens is 428 g/mol. The molecule has 1 amide bonds. The molecule has 2 aromatic heterocycles. The molecule has 3 aromatic rings. The van der Waals surface area contributed by atoms with Crippen molar-refractivity contribution in [1.29, 1.82) is 0 Å². The third-order valence-corrected chi connectivity index (χ3v) is 4.80. The van der Waals surface area contributed by atoms with Gasteiger partial charge in [0.25, 0.3) is 5.89 Å². The van der Waals surface area contributed by atoms with Gasteiger partial charge >= 0.3 is 0 Å². The molecule has 33 heavy (non-hydrogen) atoms. The number of aromatic nitrogens is 4. The normalized spacial score (nSPS) is 12.9. The largest absolute Gasteiger partial charge is 0.490 e. The van der Waals surface area contributed by atoms with Gasteiger partial charge in [-0.3, -0.25) is 4.79 Å². The number of carbonyl (C=O) groups excluding carboxylic acids is 1. The molecule has 2 heterocycles. The summed E-state index contributed by atoms with van der Waals surface area (Å²) in [6.07, 6.45) is -2.67. The smallest absolute Gasteiger partial charge is 0.277 e. The van der Waals surface area contributed by atoms with E-state index in [0.717, 1.165) is 22.4 Å². The minimum absolute atomic E-state index is 0.0983. The molecule has 0 bridgehead atoms. The Kier molecular flexibility index (Phi) is 7.56. The van der Waals surface area contributed by atoms with E-state index in [9.17, 15) is 15.0 Å². The zero-order valence-electron chi connectivity index (χ0n) is 19.0. The average molecular weight is 457 g/mol. The summed E-state index contributed by atoms with van der Waals surface area (Å²) in [6, 6.07) is 5.46. The number of benzene rings is 1. The van der Waals surface area contributed by atoms with Crippen LogP contribution in [0.25, 0.3) is 23.0 Å². The number of amides is 1. The molecule has 0 fully saturated rings. The molecule has 11 heteroatoms. The summed E-state index contributed by atoms with van der Waals surface area (Å²) >= 11 is 0. The van der Waals surface area contributed by atoms with Crippen LogP contribution in [0.15, 0.2) is 22.7 Å². The Balaban J connectivity index is 1.77. The number of aryl methyl sites for hydroxylation is 3. The lowest BCUT2D eigenvalue weighted by Gasteiger charge is -2.17. The van der Waals surface area contributed by atoms with Crippen LogP contribution in [0.3, 0.4) is 0 Å². The number of hydrogen-bond donors (Lipinski definition) is 4. The summed E-state index contributed by atoms with van der Waals surface area (Å²) in [5, 5.41) is 26.6. The van der Waals surface area contributed by atoms with Crippen LogP contribution >= 0.6 is 0 Å². The molecule has 0 aliphatic heterocycles. The highest BCUT2D eigenvalue weighted by Gasteiger charge is 2.19. The van der Waals surface area contributed by atoms with E-state index in [4.69, 9.17) is 15.0 Å². The van der Waals surface area contributed by atoms with E-state index in [0.29, 0.717) is 29.8 Å². The van der Waals surface area contributed by atoms with Crippen molar-refractivity contribution in [2.24, 2.45) is 5.73 Å². The molecular formula is C22H28N6O5. The maximum Gasteiger partial charge on any atom is 0.277 e. The highest BCUT2D eigenvalue weighted by Crippen LogP contribution is 2.30. The first-order chi connectivity index (χ1) is 15.7. The number of aliphatic hydroxyl groups is 2. The summed E-state index contributed by atoms with van der Waals surface area (Å²) in [4.78, 5) is 24.1. The minimum atomic E-state index is -1.42. The number of carbonyl (C=O) groups is 1. The third-order valence-electron chi connectivity index (χ3n) is 4.80. The molecule has 1 unspecified atom stereocenters. The molecule has 0 aliphatic rings. The SMILES string of the molecule is CCNc1nc(C)cc(-c2nc(-c3cc(C)c(OC[C@@H](O)CC(O)C(N)=O)c(C)c3)no2)n1. The molecule has 0 saturated heterocycles. The van der Waals surface area contributed by atoms with Gasteiger partial charge in [-0.25, -0.2) is 9.97 Å². The first-order valence-electron chi connectivity index (χ1n) is 10.5. The van der Waals surface area contributed by atoms with Gasteiger partial charge in [-0.15, -0.1) is 0 Å². The average Bonchev–Trinajstić information content (AvgIpc) is 3.23. The standard InChI is InChI=1S/C22H28N6O5/c1-5-24-22-25-13(4)8-16(26-22)21-27-20(28-33-21)14-6-11(2)18(12(3)7-14)32-10-15(29)9-17(30)19(23)31/h6-8,15,17,29-30H,5,9-10H2,1-4H3,(H2,23,31)(H,24,25,26)/t15-,17?/m0/s1. The number of anilines is 1. The number of rotatable bonds is 10. The van der Waals surface area contributed by atoms with Crippen LogP contribution in [0.2, 0.25) is 0 Å². The van der Waals surface area contributed by atoms with Crippen molar-refractivity contribution in [2.75, 3.05) is 18.5 Å². The van der Waals surface area contributed by atoms with Crippen molar-refractivity contribution in [1.82, 2.24) is 20.1 Å². The number of ether oxygens (including phenoxy) is 1. The lowest BCUT2D eigenvalue weighted by atomic mass is 10.1. The Hall–Kier alpha value is -3.57. The van der Waals surface area contributed by atoms with Crippen molar-refractivity contribution in [3.05, 3.63) is 35.0 Å². The highest BCUT2D eigenvalue weighted by molar-refractivity contribution is 5.78. The number of aliphatic hydroxyl groups excluding tert-OH is 2. The van der Waals surface area contributed by atoms with Crippen LogP contribution in [0.4, 0.5) is 5.95 Å². The monoisotopic (exact) mass is 456 g/mol. The summed E-state index contributed by atoms with van der Waals surface area (Å²) < 4.78 is 11.2. The molecule has 1 aromatic carbocycles. The topological polar surface area (TPSA) is 170 Å². The van der Waals surface area contributed by atoms with Gasteiger partial charge in [-0.05, 0) is 57.0 Å². The van der Waals surface area contributed by atoms with Crippen molar-refractivity contribution < 1.29 is 24.3 Å². The maximum atomic E-state index is 10.9. The van der Waals surface area contributed by atoms with E-state index in [1.165, 1.54) is 0 Å². The predicted molar refractivity (Wildman–Crippen MR) is 120 cm³/mol. The van der Waals surface area contributed by atoms with E-state index in [-0.39, 0.29) is 18.9 Å². The van der Waals surface area contributed by atoms with E-state index in [2.05, 4.69) is 25.4 Å². The van der Waals surface area contributed by atoms with Crippen LogP contribution in [0, 0.1) is 20.8 Å². The van der Waals surface area contributed by atoms with Gasteiger partial charge < -0.3 is 30.5 Å². The van der Waals surface area contributed by atoms with Gasteiger partial charge in [0.05, 0.1) is 6.10 Å². The second-order valence-corrected chi connectivity index (χ2v) is 7.73. The van der Waals surface area contributed by atoms with Gasteiger partial charge in [0.1, 0.15) is 24.2 Å². The Labute approximate surface area is 191 Å². The summed E-state index contributed by atoms with van der Waals surface area (Å²) in [5.74, 6) is 0.859. The molecule has 3 rings (SSSR count). The van der Waals surface area contributed by atoms with Crippen molar-refractivity contribution in [3.8, 4) is 28.7 Å². The molecule has 2 atom stereocenters. The molecule has 176 valence electrons. The number of primary amides is 1. The second-order valence-electron chi connectivity index (χ2n) is 7.73. The van der Waals surface area contributed by atoms with Gasteiger partial charge in [0, 0.05) is 24.2 Å². The maximum absolute atomic E-state index is 10.9. The van der Waals surface area contributed by atoms with E-state index in [1.807, 2.05) is 39.8 Å². The number of nitrogens with two attached hydrogens (primary N) is 1. The number of hydrogen-bond acceptors (Lipinski definition) is 10. The Morgan fingerprint density at radius 3 is 2.48 bits per heavy atom. The van der Waals surface area contributed by atoms with Crippen molar-refractivity contribution in [3.63, 3.8) is 0 Å². The van der Waals surface area contributed by atoms with Gasteiger partial charge in [-0.2, -0.15) is 4.98 Å². The zero-order valence-corrected chi connectivity index (χ0v) is 19.0. The third kappa shape index (κ3) is 6.02. The minimum Gasteiger partial charge on any atom is -0.490 e. The molecule has 0 spiro atoms. The van der Waals surface area contributed by atoms with Crippen LogP contribution < -0.4 is 15.8 Å². The number of nitrogens with one attached hydrogen (secondary N) is 1. The van der Waals surface area contributed by atoms with Crippen molar-refractivity contribution in [2.45, 2.75) is 46.3 Å². The van der Waals surface area contributed by atoms with Crippen LogP contribution in [-0.4, -0.2) is 61.6 Å². The summed E-state index contributed by atoms with van der Waals surface area (Å²) in [6.45, 7) is 8.12. The lowest BCUT2D eigenvalue weighted by molar-refractivity contribution is -0.127. The fourth-order valence-electron chi connectivity index (χ4n) is 3.29. The Bertz CT molecular complexity index is 1110. The quantitative estimate of drug-likeness (QED) is 0.351. The molecule has 0 saturated carbocycles. The lowest BCUT2D eigenvalue weighted by Crippen LogP contribution is -2.33. The Morgan fingerprint density at radius 1 is 1.15 bits per heavy atom. The zero-order chi connectivity index (χ0) is 24.1. The highest BCUT2D eigenvalue weighted by atomic mass is 16.5. The van der Waals surface area contributed by atoms with Crippen LogP contribution in [0.1, 0.15) is 30.2 Å². The first kappa shape index (κ1) is 24.1. The van der Waals surface area contributed by atoms with Crippen LogP contribution in [0.5, 0.6) is 5.75 Å². The Morgan fingerprint density at radius 2 is 1.85 bits per heavy atom. The van der Waals surface area contributed by atoms with Gasteiger partial charge in [-0.1, -0.05) is 5.16 Å². The predicted octanol–water partition coefficient (Wildman–Crippen LogP) is 1.53. The fourth-order valence-corrected chi connectivity index (χ4v) is 3.29. The van der Waals surface area contributed by atoms with Gasteiger partial charge in [0.2, 0.25) is 17.7 Å².